The lowest BCUT2D eigenvalue weighted by Gasteiger charge is -2.31. The van der Waals surface area contributed by atoms with E-state index < -0.39 is 53.3 Å². The summed E-state index contributed by atoms with van der Waals surface area (Å²) >= 11 is 0. The van der Waals surface area contributed by atoms with Crippen LogP contribution in [0.4, 0.5) is 0 Å². The van der Waals surface area contributed by atoms with Crippen molar-refractivity contribution < 1.29 is 38.8 Å². The molecule has 0 aromatic rings. The Morgan fingerprint density at radius 3 is 2.08 bits per heavy atom. The van der Waals surface area contributed by atoms with Crippen molar-refractivity contribution in [1.29, 1.82) is 0 Å². The zero-order valence-electron chi connectivity index (χ0n) is 22.4. The van der Waals surface area contributed by atoms with Crippen molar-refractivity contribution in [3.05, 3.63) is 0 Å². The van der Waals surface area contributed by atoms with Crippen LogP contribution in [0.3, 0.4) is 0 Å². The number of nitrogens with one attached hydrogen (secondary N) is 3. The zero-order chi connectivity index (χ0) is 28.0. The van der Waals surface area contributed by atoms with Crippen molar-refractivity contribution in [3.8, 4) is 0 Å². The predicted octanol–water partition coefficient (Wildman–Crippen LogP) is -1.28. The van der Waals surface area contributed by atoms with Crippen molar-refractivity contribution in [2.45, 2.75) is 70.6 Å². The molecule has 0 aromatic heterocycles. The first-order valence-corrected chi connectivity index (χ1v) is 11.9. The molecule has 5 N–H and O–H groups in total. The van der Waals surface area contributed by atoms with Gasteiger partial charge in [0.05, 0.1) is 34.6 Å². The number of rotatable bonds is 10. The Labute approximate surface area is 211 Å². The van der Waals surface area contributed by atoms with Gasteiger partial charge in [0.25, 0.3) is 0 Å². The van der Waals surface area contributed by atoms with Gasteiger partial charge in [-0.05, 0) is 32.6 Å². The molecule has 13 nitrogen and oxygen atoms in total. The molecule has 0 aliphatic carbocycles. The highest BCUT2D eigenvalue weighted by atomic mass is 16.4. The third kappa shape index (κ3) is 8.09. The van der Waals surface area contributed by atoms with Gasteiger partial charge in [-0.25, -0.2) is 9.59 Å². The fourth-order valence-corrected chi connectivity index (χ4v) is 3.93. The minimum Gasteiger partial charge on any atom is -0.480 e. The average molecular weight is 514 g/mol. The number of aliphatic carboxylic acids is 2. The number of carboxylic acids is 2. The highest BCUT2D eigenvalue weighted by molar-refractivity contribution is 5.96. The van der Waals surface area contributed by atoms with Crippen LogP contribution in [0.1, 0.15) is 47.0 Å². The second kappa shape index (κ2) is 12.5. The predicted molar refractivity (Wildman–Crippen MR) is 131 cm³/mol. The van der Waals surface area contributed by atoms with Crippen LogP contribution in [0.15, 0.2) is 0 Å². The Balaban J connectivity index is 2.95. The number of amides is 3. The first kappa shape index (κ1) is 30.7. The number of carboxylic acid groups (broad SMARTS) is 2. The molecule has 1 heterocycles. The molecule has 1 fully saturated rings. The minimum absolute atomic E-state index is 0.280. The van der Waals surface area contributed by atoms with Crippen molar-refractivity contribution in [3.63, 3.8) is 0 Å². The van der Waals surface area contributed by atoms with Gasteiger partial charge in [-0.15, -0.1) is 0 Å². The van der Waals surface area contributed by atoms with Gasteiger partial charge in [0.15, 0.2) is 6.04 Å². The average Bonchev–Trinajstić information content (AvgIpc) is 3.23. The molecule has 0 spiro atoms. The van der Waals surface area contributed by atoms with E-state index in [0.717, 1.165) is 0 Å². The third-order valence-electron chi connectivity index (χ3n) is 5.93. The summed E-state index contributed by atoms with van der Waals surface area (Å²) < 4.78 is 1.69. The Bertz CT molecular complexity index is 895. The summed E-state index contributed by atoms with van der Waals surface area (Å²) in [5.41, 5.74) is -1.44. The third-order valence-corrected chi connectivity index (χ3v) is 5.93. The second-order valence-corrected chi connectivity index (χ2v) is 10.2. The molecule has 36 heavy (non-hydrogen) atoms. The lowest BCUT2D eigenvalue weighted by molar-refractivity contribution is -0.472. The highest BCUT2D eigenvalue weighted by Crippen LogP contribution is 2.20. The molecule has 0 bridgehead atoms. The van der Waals surface area contributed by atoms with E-state index >= 15 is 0 Å². The van der Waals surface area contributed by atoms with E-state index in [-0.39, 0.29) is 18.9 Å². The maximum absolute atomic E-state index is 13.1. The van der Waals surface area contributed by atoms with Crippen LogP contribution in [0.25, 0.3) is 0 Å². The summed E-state index contributed by atoms with van der Waals surface area (Å²) in [7, 11) is 6.95. The Morgan fingerprint density at radius 1 is 1.06 bits per heavy atom. The number of carbonyl (C=O) groups is 5. The van der Waals surface area contributed by atoms with E-state index in [4.69, 9.17) is 0 Å². The maximum Gasteiger partial charge on any atom is 0.347 e. The number of hydrogen-bond acceptors (Lipinski definition) is 5. The van der Waals surface area contributed by atoms with Gasteiger partial charge in [0, 0.05) is 6.54 Å². The molecule has 3 atom stereocenters. The SMILES string of the molecule is CC(C)[C@H](NC(=O)C(C)(C)NC(=O)[C@H]1CCCN1C(=O)C[C@H](NC(N(C)C)=[N+](C)C)C(=O)O)C(=O)O. The van der Waals surface area contributed by atoms with Crippen LogP contribution in [0.2, 0.25) is 0 Å². The van der Waals surface area contributed by atoms with Gasteiger partial charge in [-0.2, -0.15) is 0 Å². The normalized spacial score (nSPS) is 17.1. The topological polar surface area (TPSA) is 171 Å². The fourth-order valence-electron chi connectivity index (χ4n) is 3.93. The molecule has 1 saturated heterocycles. The molecule has 1 aliphatic heterocycles. The largest absolute Gasteiger partial charge is 0.480 e. The maximum atomic E-state index is 13.1. The smallest absolute Gasteiger partial charge is 0.347 e. The Kier molecular flexibility index (Phi) is 10.7. The molecule has 0 saturated carbocycles. The first-order valence-electron chi connectivity index (χ1n) is 11.9. The Morgan fingerprint density at radius 2 is 1.64 bits per heavy atom. The van der Waals surface area contributed by atoms with E-state index in [0.29, 0.717) is 18.8 Å². The highest BCUT2D eigenvalue weighted by Gasteiger charge is 2.41. The van der Waals surface area contributed by atoms with Crippen LogP contribution in [0.5, 0.6) is 0 Å². The molecule has 0 radical (unpaired) electrons. The zero-order valence-corrected chi connectivity index (χ0v) is 22.4. The second-order valence-electron chi connectivity index (χ2n) is 10.2. The van der Waals surface area contributed by atoms with Crippen LogP contribution < -0.4 is 16.0 Å². The van der Waals surface area contributed by atoms with Gasteiger partial charge < -0.3 is 25.7 Å². The summed E-state index contributed by atoms with van der Waals surface area (Å²) in [5, 5.41) is 26.9. The molecular formula is C23H41N6O7+. The van der Waals surface area contributed by atoms with Crippen molar-refractivity contribution in [2.24, 2.45) is 5.92 Å². The molecule has 0 unspecified atom stereocenters. The van der Waals surface area contributed by atoms with Crippen LogP contribution in [-0.2, 0) is 24.0 Å². The summed E-state index contributed by atoms with van der Waals surface area (Å²) in [5.74, 6) is -3.99. The number of likely N-dealkylation sites (tertiary alicyclic amines) is 1. The first-order chi connectivity index (χ1) is 16.5. The van der Waals surface area contributed by atoms with E-state index in [2.05, 4.69) is 16.0 Å². The quantitative estimate of drug-likeness (QED) is 0.136. The van der Waals surface area contributed by atoms with Crippen molar-refractivity contribution in [1.82, 2.24) is 25.8 Å². The van der Waals surface area contributed by atoms with E-state index in [1.807, 2.05) is 0 Å². The molecule has 1 rings (SSSR count). The fraction of sp³-hybridized carbons (Fsp3) is 0.739. The molecule has 204 valence electrons. The van der Waals surface area contributed by atoms with Gasteiger partial charge in [0.2, 0.25) is 17.7 Å². The van der Waals surface area contributed by atoms with E-state index in [1.54, 1.807) is 51.5 Å². The molecule has 13 heteroatoms. The van der Waals surface area contributed by atoms with Crippen molar-refractivity contribution in [2.75, 3.05) is 34.7 Å². The number of guanidine groups is 1. The molecule has 0 aromatic carbocycles. The number of nitrogens with zero attached hydrogens (tertiary/aromatic N) is 3. The lowest BCUT2D eigenvalue weighted by atomic mass is 9.99. The lowest BCUT2D eigenvalue weighted by Crippen LogP contribution is -2.61. The van der Waals surface area contributed by atoms with E-state index in [1.165, 1.54) is 18.7 Å². The summed E-state index contributed by atoms with van der Waals surface area (Å²) in [6.07, 6.45) is 0.530. The Hall–Kier alpha value is -3.38. The summed E-state index contributed by atoms with van der Waals surface area (Å²) in [4.78, 5) is 65.1. The van der Waals surface area contributed by atoms with Crippen molar-refractivity contribution >= 4 is 35.6 Å². The van der Waals surface area contributed by atoms with Gasteiger partial charge in [0.1, 0.15) is 17.6 Å². The van der Waals surface area contributed by atoms with Gasteiger partial charge >= 0.3 is 17.9 Å². The van der Waals surface area contributed by atoms with Gasteiger partial charge in [-0.3, -0.25) is 29.2 Å². The van der Waals surface area contributed by atoms with Crippen LogP contribution in [0, 0.1) is 5.92 Å². The standard InChI is InChI=1S/C23H40N6O7/c1-13(2)17(20(34)35)25-21(36)23(3,4)26-18(31)15-10-9-11-29(15)16(30)12-14(19(32)33)24-22(27(5)6)28(7)8/h13-15,17H,9-12H2,1-8H3,(H4,25,26,31,32,33,34,35,36)/p+1/t14-,15+,17-/m0/s1. The monoisotopic (exact) mass is 513 g/mol. The summed E-state index contributed by atoms with van der Waals surface area (Å²) in [6.45, 7) is 6.49. The number of hydrogen-bond donors (Lipinski definition) is 5. The van der Waals surface area contributed by atoms with Crippen LogP contribution >= 0.6 is 0 Å². The van der Waals surface area contributed by atoms with Crippen LogP contribution in [-0.4, -0.2) is 119 Å². The number of carbonyl (C=O) groups excluding carboxylic acids is 3. The van der Waals surface area contributed by atoms with Gasteiger partial charge in [-0.1, -0.05) is 13.8 Å². The molecular weight excluding hydrogens is 472 g/mol. The summed E-state index contributed by atoms with van der Waals surface area (Å²) in [6, 6.07) is -3.21. The van der Waals surface area contributed by atoms with E-state index in [9.17, 15) is 34.2 Å². The molecule has 3 amide bonds. The molecule has 1 aliphatic rings. The minimum atomic E-state index is -1.44.